The molecule has 0 aliphatic rings. The molecule has 5 heteroatoms. The molecule has 0 atom stereocenters. The van der Waals surface area contributed by atoms with E-state index >= 15 is 0 Å². The predicted molar refractivity (Wildman–Crippen MR) is 80.9 cm³/mol. The first-order valence-electron chi connectivity index (χ1n) is 6.80. The Morgan fingerprint density at radius 3 is 2.45 bits per heavy atom. The van der Waals surface area contributed by atoms with Crippen LogP contribution in [0.2, 0.25) is 0 Å². The van der Waals surface area contributed by atoms with E-state index in [-0.39, 0.29) is 5.97 Å². The van der Waals surface area contributed by atoms with Gasteiger partial charge in [-0.15, -0.1) is 0 Å². The van der Waals surface area contributed by atoms with Gasteiger partial charge in [-0.25, -0.2) is 4.79 Å². The van der Waals surface area contributed by atoms with Crippen molar-refractivity contribution in [3.63, 3.8) is 0 Å². The summed E-state index contributed by atoms with van der Waals surface area (Å²) in [5.41, 5.74) is 1.64. The van der Waals surface area contributed by atoms with E-state index < -0.39 is 0 Å². The van der Waals surface area contributed by atoms with Gasteiger partial charge in [0.25, 0.3) is 0 Å². The standard InChI is InChI=1S/C15H23N3O2/c1-5-20-14(19)13-8-6-12(7-9-13)10-17-15(16-4)18-11(2)3/h6-9,11H,5,10H2,1-4H3,(H2,16,17,18). The number of benzene rings is 1. The Hall–Kier alpha value is -2.04. The fourth-order valence-electron chi connectivity index (χ4n) is 1.63. The fourth-order valence-corrected chi connectivity index (χ4v) is 1.63. The molecule has 2 N–H and O–H groups in total. The highest BCUT2D eigenvalue weighted by Gasteiger charge is 2.06. The third-order valence-corrected chi connectivity index (χ3v) is 2.57. The Bertz CT molecular complexity index is 453. The molecular weight excluding hydrogens is 254 g/mol. The van der Waals surface area contributed by atoms with Crippen LogP contribution in [0.15, 0.2) is 29.3 Å². The van der Waals surface area contributed by atoms with Crippen LogP contribution in [0.4, 0.5) is 0 Å². The Morgan fingerprint density at radius 1 is 1.30 bits per heavy atom. The second-order valence-corrected chi connectivity index (χ2v) is 4.64. The topological polar surface area (TPSA) is 62.7 Å². The van der Waals surface area contributed by atoms with Crippen LogP contribution in [0.25, 0.3) is 0 Å². The molecule has 0 aliphatic carbocycles. The maximum atomic E-state index is 11.5. The van der Waals surface area contributed by atoms with E-state index in [1.165, 1.54) is 0 Å². The largest absolute Gasteiger partial charge is 0.462 e. The van der Waals surface area contributed by atoms with Gasteiger partial charge >= 0.3 is 5.97 Å². The van der Waals surface area contributed by atoms with Crippen LogP contribution >= 0.6 is 0 Å². The molecule has 0 aliphatic heterocycles. The average molecular weight is 277 g/mol. The first-order valence-corrected chi connectivity index (χ1v) is 6.80. The maximum absolute atomic E-state index is 11.5. The van der Waals surface area contributed by atoms with Gasteiger partial charge in [-0.05, 0) is 38.5 Å². The number of hydrogen-bond donors (Lipinski definition) is 2. The molecule has 0 radical (unpaired) electrons. The Labute approximate surface area is 120 Å². The van der Waals surface area contributed by atoms with Gasteiger partial charge in [0.15, 0.2) is 5.96 Å². The summed E-state index contributed by atoms with van der Waals surface area (Å²) in [4.78, 5) is 15.7. The number of carbonyl (C=O) groups is 1. The van der Waals surface area contributed by atoms with E-state index in [0.29, 0.717) is 24.8 Å². The molecule has 0 fully saturated rings. The first kappa shape index (κ1) is 16.0. The first-order chi connectivity index (χ1) is 9.56. The van der Waals surface area contributed by atoms with Crippen LogP contribution in [-0.4, -0.2) is 31.6 Å². The zero-order valence-corrected chi connectivity index (χ0v) is 12.6. The van der Waals surface area contributed by atoms with Gasteiger partial charge in [-0.3, -0.25) is 4.99 Å². The van der Waals surface area contributed by atoms with E-state index in [9.17, 15) is 4.79 Å². The zero-order chi connectivity index (χ0) is 15.0. The van der Waals surface area contributed by atoms with Crippen molar-refractivity contribution in [2.75, 3.05) is 13.7 Å². The minimum Gasteiger partial charge on any atom is -0.462 e. The summed E-state index contributed by atoms with van der Waals surface area (Å²) in [7, 11) is 1.74. The third kappa shape index (κ3) is 5.30. The molecule has 1 aromatic rings. The number of hydrogen-bond acceptors (Lipinski definition) is 3. The highest BCUT2D eigenvalue weighted by Crippen LogP contribution is 2.06. The third-order valence-electron chi connectivity index (χ3n) is 2.57. The van der Waals surface area contributed by atoms with Crippen LogP contribution in [-0.2, 0) is 11.3 Å². The van der Waals surface area contributed by atoms with Gasteiger partial charge in [0.1, 0.15) is 0 Å². The molecule has 5 nitrogen and oxygen atoms in total. The summed E-state index contributed by atoms with van der Waals surface area (Å²) in [6.07, 6.45) is 0. The van der Waals surface area contributed by atoms with E-state index in [2.05, 4.69) is 29.5 Å². The minimum atomic E-state index is -0.288. The number of guanidine groups is 1. The van der Waals surface area contributed by atoms with Crippen molar-refractivity contribution < 1.29 is 9.53 Å². The summed E-state index contributed by atoms with van der Waals surface area (Å²) >= 11 is 0. The molecule has 0 saturated heterocycles. The van der Waals surface area contributed by atoms with Crippen LogP contribution in [0, 0.1) is 0 Å². The van der Waals surface area contributed by atoms with Crippen molar-refractivity contribution in [2.24, 2.45) is 4.99 Å². The van der Waals surface area contributed by atoms with Crippen molar-refractivity contribution in [1.82, 2.24) is 10.6 Å². The van der Waals surface area contributed by atoms with E-state index in [4.69, 9.17) is 4.74 Å². The number of rotatable bonds is 5. The summed E-state index contributed by atoms with van der Waals surface area (Å²) in [5, 5.41) is 6.42. The molecule has 1 aromatic carbocycles. The number of ether oxygens (including phenoxy) is 1. The van der Waals surface area contributed by atoms with Crippen molar-refractivity contribution in [3.8, 4) is 0 Å². The monoisotopic (exact) mass is 277 g/mol. The molecule has 0 amide bonds. The second kappa shape index (κ2) is 8.19. The van der Waals surface area contributed by atoms with Gasteiger partial charge in [0.2, 0.25) is 0 Å². The Balaban J connectivity index is 2.55. The van der Waals surface area contributed by atoms with Crippen LogP contribution in [0.5, 0.6) is 0 Å². The number of carbonyl (C=O) groups excluding carboxylic acids is 1. The molecule has 20 heavy (non-hydrogen) atoms. The lowest BCUT2D eigenvalue weighted by molar-refractivity contribution is 0.0526. The summed E-state index contributed by atoms with van der Waals surface area (Å²) in [6.45, 7) is 6.94. The SMILES string of the molecule is CCOC(=O)c1ccc(CNC(=NC)NC(C)C)cc1. The van der Waals surface area contributed by atoms with E-state index in [1.807, 2.05) is 12.1 Å². The lowest BCUT2D eigenvalue weighted by Crippen LogP contribution is -2.40. The minimum absolute atomic E-state index is 0.288. The van der Waals surface area contributed by atoms with Gasteiger partial charge < -0.3 is 15.4 Å². The van der Waals surface area contributed by atoms with Crippen LogP contribution in [0.1, 0.15) is 36.7 Å². The van der Waals surface area contributed by atoms with Crippen molar-refractivity contribution in [1.29, 1.82) is 0 Å². The molecule has 0 unspecified atom stereocenters. The van der Waals surface area contributed by atoms with Crippen molar-refractivity contribution >= 4 is 11.9 Å². The molecule has 110 valence electrons. The summed E-state index contributed by atoms with van der Waals surface area (Å²) < 4.78 is 4.94. The lowest BCUT2D eigenvalue weighted by atomic mass is 10.1. The molecular formula is C15H23N3O2. The van der Waals surface area contributed by atoms with Gasteiger partial charge in [0.05, 0.1) is 12.2 Å². The number of aliphatic imine (C=N–C) groups is 1. The fraction of sp³-hybridized carbons (Fsp3) is 0.467. The lowest BCUT2D eigenvalue weighted by Gasteiger charge is -2.14. The second-order valence-electron chi connectivity index (χ2n) is 4.64. The Kier molecular flexibility index (Phi) is 6.56. The molecule has 0 saturated carbocycles. The van der Waals surface area contributed by atoms with Crippen molar-refractivity contribution in [3.05, 3.63) is 35.4 Å². The van der Waals surface area contributed by atoms with Gasteiger partial charge in [-0.1, -0.05) is 12.1 Å². The molecule has 1 rings (SSSR count). The van der Waals surface area contributed by atoms with Gasteiger partial charge in [-0.2, -0.15) is 0 Å². The molecule has 0 bridgehead atoms. The normalized spacial score (nSPS) is 11.3. The smallest absolute Gasteiger partial charge is 0.338 e. The highest BCUT2D eigenvalue weighted by atomic mass is 16.5. The maximum Gasteiger partial charge on any atom is 0.338 e. The van der Waals surface area contributed by atoms with Gasteiger partial charge in [0, 0.05) is 19.6 Å². The van der Waals surface area contributed by atoms with E-state index in [0.717, 1.165) is 11.5 Å². The quantitative estimate of drug-likeness (QED) is 0.490. The van der Waals surface area contributed by atoms with Crippen LogP contribution in [0.3, 0.4) is 0 Å². The molecule has 0 spiro atoms. The summed E-state index contributed by atoms with van der Waals surface area (Å²) in [6, 6.07) is 7.68. The van der Waals surface area contributed by atoms with Crippen LogP contribution < -0.4 is 10.6 Å². The Morgan fingerprint density at radius 2 is 1.95 bits per heavy atom. The molecule has 0 aromatic heterocycles. The van der Waals surface area contributed by atoms with E-state index in [1.54, 1.807) is 26.1 Å². The number of esters is 1. The molecule has 0 heterocycles. The highest BCUT2D eigenvalue weighted by molar-refractivity contribution is 5.89. The zero-order valence-electron chi connectivity index (χ0n) is 12.6. The number of nitrogens with one attached hydrogen (secondary N) is 2. The van der Waals surface area contributed by atoms with Crippen molar-refractivity contribution in [2.45, 2.75) is 33.4 Å². The number of nitrogens with zero attached hydrogens (tertiary/aromatic N) is 1. The predicted octanol–water partition coefficient (Wildman–Crippen LogP) is 1.94. The summed E-state index contributed by atoms with van der Waals surface area (Å²) in [5.74, 6) is 0.471. The average Bonchev–Trinajstić information content (AvgIpc) is 2.44.